The Morgan fingerprint density at radius 1 is 1.12 bits per heavy atom. The second kappa shape index (κ2) is 8.92. The van der Waals surface area contributed by atoms with Crippen LogP contribution in [0.25, 0.3) is 0 Å². The molecular weight excluding hydrogens is 247 g/mol. The monoisotopic (exact) mass is 254 g/mol. The van der Waals surface area contributed by atoms with Crippen LogP contribution in [0.4, 0.5) is 0 Å². The fraction of sp³-hybridized carbons (Fsp3) is 0. The van der Waals surface area contributed by atoms with Gasteiger partial charge in [-0.1, -0.05) is 6.07 Å². The van der Waals surface area contributed by atoms with E-state index in [9.17, 15) is 9.59 Å². The van der Waals surface area contributed by atoms with Gasteiger partial charge in [0.2, 0.25) is 0 Å². The zero-order valence-corrected chi connectivity index (χ0v) is 9.51. The van der Waals surface area contributed by atoms with Gasteiger partial charge in [0.1, 0.15) is 0 Å². The van der Waals surface area contributed by atoms with Crippen LogP contribution in [-0.4, -0.2) is 35.5 Å². The Morgan fingerprint density at radius 2 is 1.41 bits per heavy atom. The number of carboxylic acids is 2. The summed E-state index contributed by atoms with van der Waals surface area (Å²) in [7, 11) is 0. The first-order valence-electron chi connectivity index (χ1n) is 3.69. The first-order chi connectivity index (χ1) is 7.34. The molecule has 0 saturated carbocycles. The summed E-state index contributed by atoms with van der Waals surface area (Å²) in [4.78, 5) is 20.8. The summed E-state index contributed by atoms with van der Waals surface area (Å²) >= 11 is -2.86. The Balaban J connectivity index is 0. The average Bonchev–Trinajstić information content (AvgIpc) is 2.17. The van der Waals surface area contributed by atoms with Crippen LogP contribution in [0.5, 0.6) is 0 Å². The van der Waals surface area contributed by atoms with Gasteiger partial charge >= 0.3 is 30.8 Å². The van der Waals surface area contributed by atoms with Crippen LogP contribution in [0.2, 0.25) is 0 Å². The number of rotatable bonds is 2. The SMILES string of the molecule is O=C(O)c1cccc(C(=O)O)c1.O=S([O-])O.[Li+]. The second-order valence-electron chi connectivity index (χ2n) is 2.41. The van der Waals surface area contributed by atoms with Gasteiger partial charge < -0.3 is 19.3 Å². The Labute approximate surface area is 111 Å². The quantitative estimate of drug-likeness (QED) is 0.389. The second-order valence-corrected chi connectivity index (χ2v) is 2.84. The van der Waals surface area contributed by atoms with Crippen molar-refractivity contribution < 1.29 is 52.0 Å². The van der Waals surface area contributed by atoms with E-state index in [0.29, 0.717) is 0 Å². The summed E-state index contributed by atoms with van der Waals surface area (Å²) in [6.45, 7) is 0. The molecule has 0 aliphatic heterocycles. The van der Waals surface area contributed by atoms with Crippen LogP contribution >= 0.6 is 0 Å². The molecule has 3 N–H and O–H groups in total. The van der Waals surface area contributed by atoms with E-state index >= 15 is 0 Å². The molecule has 1 unspecified atom stereocenters. The van der Waals surface area contributed by atoms with E-state index in [1.807, 2.05) is 0 Å². The molecule has 1 rings (SSSR count). The van der Waals surface area contributed by atoms with Gasteiger partial charge in [0, 0.05) is 0 Å². The van der Waals surface area contributed by atoms with Crippen molar-refractivity contribution >= 4 is 23.3 Å². The standard InChI is InChI=1S/C8H6O4.Li.H2O3S/c9-7(10)5-2-1-3-6(4-5)8(11)12;;1-4(2)3/h1-4H,(H,9,10)(H,11,12);;(H2,1,2,3)/q;+1;/p-1. The number of carboxylic acid groups (broad SMARTS) is 2. The Bertz CT molecular complexity index is 387. The third-order valence-corrected chi connectivity index (χ3v) is 1.36. The number of hydrogen-bond donors (Lipinski definition) is 3. The van der Waals surface area contributed by atoms with Gasteiger partial charge in [0.25, 0.3) is 0 Å². The molecular formula is C8H7LiO7S. The minimum absolute atomic E-state index is 0. The van der Waals surface area contributed by atoms with E-state index in [4.69, 9.17) is 23.5 Å². The van der Waals surface area contributed by atoms with Gasteiger partial charge in [-0.25, -0.2) is 13.8 Å². The normalized spacial score (nSPS) is 10.2. The summed E-state index contributed by atoms with van der Waals surface area (Å²) in [5.41, 5.74) is -0.0372. The first-order valence-corrected chi connectivity index (χ1v) is 4.72. The van der Waals surface area contributed by atoms with E-state index in [1.165, 1.54) is 18.2 Å². The van der Waals surface area contributed by atoms with Crippen molar-refractivity contribution in [3.63, 3.8) is 0 Å². The molecule has 0 amide bonds. The summed E-state index contributed by atoms with van der Waals surface area (Å²) in [5.74, 6) is -2.25. The molecule has 88 valence electrons. The van der Waals surface area contributed by atoms with Crippen LogP contribution < -0.4 is 18.9 Å². The van der Waals surface area contributed by atoms with Gasteiger partial charge in [0.15, 0.2) is 0 Å². The van der Waals surface area contributed by atoms with Crippen molar-refractivity contribution in [1.82, 2.24) is 0 Å². The van der Waals surface area contributed by atoms with Crippen molar-refractivity contribution in [3.05, 3.63) is 35.4 Å². The van der Waals surface area contributed by atoms with Crippen molar-refractivity contribution in [2.75, 3.05) is 0 Å². The summed E-state index contributed by atoms with van der Waals surface area (Å²) in [6.07, 6.45) is 0. The van der Waals surface area contributed by atoms with Crippen LogP contribution in [-0.2, 0) is 11.4 Å². The van der Waals surface area contributed by atoms with Gasteiger partial charge in [-0.3, -0.25) is 0 Å². The number of aromatic carboxylic acids is 2. The van der Waals surface area contributed by atoms with Crippen LogP contribution in [0.1, 0.15) is 20.7 Å². The van der Waals surface area contributed by atoms with Gasteiger partial charge in [-0.15, -0.1) is 0 Å². The average molecular weight is 254 g/mol. The predicted molar refractivity (Wildman–Crippen MR) is 51.9 cm³/mol. The molecule has 0 bridgehead atoms. The minimum atomic E-state index is -2.86. The molecule has 0 aliphatic rings. The van der Waals surface area contributed by atoms with Crippen molar-refractivity contribution in [1.29, 1.82) is 0 Å². The topological polar surface area (TPSA) is 135 Å². The molecule has 17 heavy (non-hydrogen) atoms. The molecule has 9 heteroatoms. The van der Waals surface area contributed by atoms with Gasteiger partial charge in [-0.05, 0) is 18.2 Å². The Morgan fingerprint density at radius 3 is 1.65 bits per heavy atom. The van der Waals surface area contributed by atoms with Gasteiger partial charge in [0.05, 0.1) is 22.5 Å². The third kappa shape index (κ3) is 8.62. The van der Waals surface area contributed by atoms with Crippen molar-refractivity contribution in [2.45, 2.75) is 0 Å². The molecule has 0 aromatic heterocycles. The predicted octanol–water partition coefficient (Wildman–Crippen LogP) is -2.57. The molecule has 1 atom stereocenters. The Hall–Kier alpha value is -1.17. The van der Waals surface area contributed by atoms with Crippen LogP contribution in [0.3, 0.4) is 0 Å². The van der Waals surface area contributed by atoms with Crippen molar-refractivity contribution in [3.8, 4) is 0 Å². The number of benzene rings is 1. The zero-order chi connectivity index (χ0) is 12.7. The molecule has 0 radical (unpaired) electrons. The Kier molecular flexibility index (Phi) is 9.55. The molecule has 0 saturated heterocycles. The fourth-order valence-corrected chi connectivity index (χ4v) is 0.785. The molecule has 0 fully saturated rings. The van der Waals surface area contributed by atoms with E-state index in [1.54, 1.807) is 0 Å². The van der Waals surface area contributed by atoms with E-state index in [2.05, 4.69) is 0 Å². The maximum Gasteiger partial charge on any atom is 1.00 e. The van der Waals surface area contributed by atoms with Gasteiger partial charge in [-0.2, -0.15) is 0 Å². The summed E-state index contributed by atoms with van der Waals surface area (Å²) in [6, 6.07) is 5.20. The van der Waals surface area contributed by atoms with E-state index < -0.39 is 23.3 Å². The van der Waals surface area contributed by atoms with Crippen molar-refractivity contribution in [2.24, 2.45) is 0 Å². The molecule has 1 aromatic carbocycles. The molecule has 0 spiro atoms. The van der Waals surface area contributed by atoms with Crippen LogP contribution in [0, 0.1) is 0 Å². The molecule has 0 aliphatic carbocycles. The smallest absolute Gasteiger partial charge is 0.750 e. The fourth-order valence-electron chi connectivity index (χ4n) is 0.785. The molecule has 7 nitrogen and oxygen atoms in total. The van der Waals surface area contributed by atoms with Crippen LogP contribution in [0.15, 0.2) is 24.3 Å². The third-order valence-electron chi connectivity index (χ3n) is 1.36. The maximum absolute atomic E-state index is 10.4. The van der Waals surface area contributed by atoms with E-state index in [-0.39, 0.29) is 30.0 Å². The molecule has 1 aromatic rings. The minimum Gasteiger partial charge on any atom is -0.750 e. The number of carbonyl (C=O) groups is 2. The molecule has 0 heterocycles. The number of hydrogen-bond acceptors (Lipinski definition) is 4. The summed E-state index contributed by atoms with van der Waals surface area (Å²) < 4.78 is 24.1. The first kappa shape index (κ1) is 18.2. The largest absolute Gasteiger partial charge is 1.00 e. The zero-order valence-electron chi connectivity index (χ0n) is 8.69. The summed E-state index contributed by atoms with van der Waals surface area (Å²) in [5, 5.41) is 17.0. The van der Waals surface area contributed by atoms with E-state index in [0.717, 1.165) is 6.07 Å². The maximum atomic E-state index is 10.4.